The number of amides is 1. The number of ketones is 1. The number of aliphatic hydroxyl groups excluding tert-OH is 1. The van der Waals surface area contributed by atoms with E-state index in [-0.39, 0.29) is 17.1 Å². The third-order valence-corrected chi connectivity index (χ3v) is 4.63. The van der Waals surface area contributed by atoms with Crippen LogP contribution in [0.3, 0.4) is 0 Å². The first-order chi connectivity index (χ1) is 13.9. The first-order valence-corrected chi connectivity index (χ1v) is 8.66. The van der Waals surface area contributed by atoms with Gasteiger partial charge in [0.25, 0.3) is 11.7 Å². The molecular formula is C21H19NO7. The van der Waals surface area contributed by atoms with Crippen LogP contribution in [0.15, 0.2) is 54.1 Å². The summed E-state index contributed by atoms with van der Waals surface area (Å²) in [5, 5.41) is 20.1. The molecule has 1 heterocycles. The summed E-state index contributed by atoms with van der Waals surface area (Å²) in [5.74, 6) is -2.89. The molecule has 1 aliphatic heterocycles. The molecule has 0 bridgehead atoms. The summed E-state index contributed by atoms with van der Waals surface area (Å²) in [7, 11) is 2.87. The molecule has 3 rings (SSSR count). The Morgan fingerprint density at radius 2 is 1.72 bits per heavy atom. The number of carbonyl (C=O) groups is 3. The fourth-order valence-electron chi connectivity index (χ4n) is 3.31. The van der Waals surface area contributed by atoms with Crippen molar-refractivity contribution >= 4 is 23.4 Å². The number of methoxy groups -OCH3 is 2. The molecule has 8 heteroatoms. The summed E-state index contributed by atoms with van der Waals surface area (Å²) >= 11 is 0. The zero-order chi connectivity index (χ0) is 21.1. The topological polar surface area (TPSA) is 113 Å². The smallest absolute Gasteiger partial charge is 0.323 e. The number of benzene rings is 2. The first-order valence-electron chi connectivity index (χ1n) is 8.66. The van der Waals surface area contributed by atoms with Gasteiger partial charge in [0.2, 0.25) is 0 Å². The molecule has 0 saturated carbocycles. The van der Waals surface area contributed by atoms with E-state index in [1.54, 1.807) is 48.5 Å². The number of ether oxygens (including phenoxy) is 2. The average Bonchev–Trinajstić information content (AvgIpc) is 2.97. The van der Waals surface area contributed by atoms with Crippen LogP contribution in [-0.2, 0) is 14.4 Å². The maximum absolute atomic E-state index is 12.8. The van der Waals surface area contributed by atoms with Gasteiger partial charge < -0.3 is 24.6 Å². The molecular weight excluding hydrogens is 378 g/mol. The fraction of sp³-hybridized carbons (Fsp3) is 0.190. The van der Waals surface area contributed by atoms with Crippen molar-refractivity contribution in [3.63, 3.8) is 0 Å². The lowest BCUT2D eigenvalue weighted by atomic mass is 9.94. The molecule has 1 amide bonds. The second-order valence-corrected chi connectivity index (χ2v) is 6.29. The highest BCUT2D eigenvalue weighted by molar-refractivity contribution is 6.46. The van der Waals surface area contributed by atoms with Gasteiger partial charge in [-0.1, -0.05) is 30.3 Å². The van der Waals surface area contributed by atoms with Gasteiger partial charge in [0.05, 0.1) is 25.8 Å². The molecule has 2 N–H and O–H groups in total. The molecule has 1 saturated heterocycles. The van der Waals surface area contributed by atoms with Crippen molar-refractivity contribution in [1.82, 2.24) is 4.90 Å². The molecule has 1 atom stereocenters. The SMILES string of the molecule is COc1ccc(C2/C(=C(\O)c3ccccc3)C(=O)C(=O)N2CC(=O)O)c(OC)c1. The maximum Gasteiger partial charge on any atom is 0.323 e. The third-order valence-electron chi connectivity index (χ3n) is 4.63. The van der Waals surface area contributed by atoms with Crippen LogP contribution in [0, 0.1) is 0 Å². The number of aliphatic hydroxyl groups is 1. The van der Waals surface area contributed by atoms with Crippen LogP contribution in [0.1, 0.15) is 17.2 Å². The zero-order valence-corrected chi connectivity index (χ0v) is 15.8. The molecule has 8 nitrogen and oxygen atoms in total. The van der Waals surface area contributed by atoms with Crippen LogP contribution in [-0.4, -0.2) is 53.5 Å². The summed E-state index contributed by atoms with van der Waals surface area (Å²) in [6.07, 6.45) is 0. The van der Waals surface area contributed by atoms with E-state index in [9.17, 15) is 24.6 Å². The Morgan fingerprint density at radius 1 is 1.03 bits per heavy atom. The quantitative estimate of drug-likeness (QED) is 0.436. The molecule has 0 spiro atoms. The Balaban J connectivity index is 2.25. The minimum absolute atomic E-state index is 0.203. The normalized spacial score (nSPS) is 18.0. The summed E-state index contributed by atoms with van der Waals surface area (Å²) < 4.78 is 10.5. The molecule has 0 radical (unpaired) electrons. The van der Waals surface area contributed by atoms with Gasteiger partial charge in [0, 0.05) is 17.2 Å². The standard InChI is InChI=1S/C21H19NO7/c1-28-13-8-9-14(15(10-13)29-2)18-17(19(25)12-6-4-3-5-7-12)20(26)21(27)22(18)11-16(23)24/h3-10,18,25H,11H2,1-2H3,(H,23,24)/b19-17+. The van der Waals surface area contributed by atoms with Crippen molar-refractivity contribution in [2.75, 3.05) is 20.8 Å². The number of carboxylic acids is 1. The van der Waals surface area contributed by atoms with E-state index < -0.39 is 30.2 Å². The van der Waals surface area contributed by atoms with Crippen molar-refractivity contribution in [1.29, 1.82) is 0 Å². The van der Waals surface area contributed by atoms with Gasteiger partial charge in [0.15, 0.2) is 0 Å². The highest BCUT2D eigenvalue weighted by atomic mass is 16.5. The van der Waals surface area contributed by atoms with Gasteiger partial charge >= 0.3 is 5.97 Å². The largest absolute Gasteiger partial charge is 0.507 e. The summed E-state index contributed by atoms with van der Waals surface area (Å²) in [5.41, 5.74) is 0.482. The number of aliphatic carboxylic acids is 1. The van der Waals surface area contributed by atoms with Crippen molar-refractivity contribution in [2.45, 2.75) is 6.04 Å². The number of hydrogen-bond donors (Lipinski definition) is 2. The predicted octanol–water partition coefficient (Wildman–Crippen LogP) is 2.21. The van der Waals surface area contributed by atoms with Gasteiger partial charge in [-0.15, -0.1) is 0 Å². The highest BCUT2D eigenvalue weighted by Gasteiger charge is 2.47. The van der Waals surface area contributed by atoms with Crippen LogP contribution >= 0.6 is 0 Å². The Hall–Kier alpha value is -3.81. The van der Waals surface area contributed by atoms with E-state index in [1.807, 2.05) is 0 Å². The second kappa shape index (κ2) is 8.05. The lowest BCUT2D eigenvalue weighted by molar-refractivity contribution is -0.146. The van der Waals surface area contributed by atoms with Crippen LogP contribution in [0.2, 0.25) is 0 Å². The lowest BCUT2D eigenvalue weighted by Gasteiger charge is -2.25. The number of nitrogens with zero attached hydrogens (tertiary/aromatic N) is 1. The van der Waals surface area contributed by atoms with Gasteiger partial charge in [-0.05, 0) is 12.1 Å². The van der Waals surface area contributed by atoms with Gasteiger partial charge in [-0.3, -0.25) is 14.4 Å². The Kier molecular flexibility index (Phi) is 5.54. The molecule has 29 heavy (non-hydrogen) atoms. The van der Waals surface area contributed by atoms with Gasteiger partial charge in [0.1, 0.15) is 23.8 Å². The number of likely N-dealkylation sites (tertiary alicyclic amines) is 1. The minimum Gasteiger partial charge on any atom is -0.507 e. The number of rotatable bonds is 6. The minimum atomic E-state index is -1.29. The summed E-state index contributed by atoms with van der Waals surface area (Å²) in [6.45, 7) is -0.712. The van der Waals surface area contributed by atoms with Crippen molar-refractivity contribution in [2.24, 2.45) is 0 Å². The summed E-state index contributed by atoms with van der Waals surface area (Å²) in [4.78, 5) is 37.6. The predicted molar refractivity (Wildman–Crippen MR) is 103 cm³/mol. The number of hydrogen-bond acceptors (Lipinski definition) is 6. The molecule has 0 aromatic heterocycles. The van der Waals surface area contributed by atoms with Crippen molar-refractivity contribution in [3.05, 3.63) is 65.2 Å². The molecule has 2 aromatic carbocycles. The van der Waals surface area contributed by atoms with E-state index in [0.29, 0.717) is 16.9 Å². The first kappa shape index (κ1) is 19.9. The fourth-order valence-corrected chi connectivity index (χ4v) is 3.31. The van der Waals surface area contributed by atoms with Crippen LogP contribution in [0.25, 0.3) is 5.76 Å². The van der Waals surface area contributed by atoms with Crippen LogP contribution < -0.4 is 9.47 Å². The molecule has 150 valence electrons. The number of Topliss-reactive ketones (excluding diaryl/α,β-unsaturated/α-hetero) is 1. The van der Waals surface area contributed by atoms with Gasteiger partial charge in [-0.25, -0.2) is 0 Å². The van der Waals surface area contributed by atoms with E-state index in [0.717, 1.165) is 4.90 Å². The molecule has 1 unspecified atom stereocenters. The zero-order valence-electron chi connectivity index (χ0n) is 15.8. The molecule has 1 fully saturated rings. The van der Waals surface area contributed by atoms with Crippen LogP contribution in [0.4, 0.5) is 0 Å². The van der Waals surface area contributed by atoms with E-state index in [1.165, 1.54) is 14.2 Å². The molecule has 2 aromatic rings. The number of carbonyl (C=O) groups excluding carboxylic acids is 2. The Bertz CT molecular complexity index is 997. The molecule has 0 aliphatic carbocycles. The lowest BCUT2D eigenvalue weighted by Crippen LogP contribution is -2.34. The number of carboxylic acid groups (broad SMARTS) is 1. The van der Waals surface area contributed by atoms with Gasteiger partial charge in [-0.2, -0.15) is 0 Å². The Morgan fingerprint density at radius 3 is 2.31 bits per heavy atom. The Labute approximate surface area is 166 Å². The third kappa shape index (κ3) is 3.64. The van der Waals surface area contributed by atoms with E-state index >= 15 is 0 Å². The molecule has 1 aliphatic rings. The average molecular weight is 397 g/mol. The van der Waals surface area contributed by atoms with E-state index in [4.69, 9.17) is 9.47 Å². The second-order valence-electron chi connectivity index (χ2n) is 6.29. The van der Waals surface area contributed by atoms with Crippen molar-refractivity contribution < 1.29 is 34.1 Å². The monoisotopic (exact) mass is 397 g/mol. The maximum atomic E-state index is 12.8. The highest BCUT2D eigenvalue weighted by Crippen LogP contribution is 2.43. The van der Waals surface area contributed by atoms with Crippen molar-refractivity contribution in [3.8, 4) is 11.5 Å². The summed E-state index contributed by atoms with van der Waals surface area (Å²) in [6, 6.07) is 11.8. The van der Waals surface area contributed by atoms with E-state index in [2.05, 4.69) is 0 Å². The van der Waals surface area contributed by atoms with Crippen LogP contribution in [0.5, 0.6) is 11.5 Å².